The van der Waals surface area contributed by atoms with Crippen molar-refractivity contribution in [3.8, 4) is 0 Å². The lowest BCUT2D eigenvalue weighted by atomic mass is 10.00. The highest BCUT2D eigenvalue weighted by molar-refractivity contribution is 4.96. The Hall–Kier alpha value is -0.300. The minimum absolute atomic E-state index is 0.560. The van der Waals surface area contributed by atoms with Crippen LogP contribution in [0.25, 0.3) is 0 Å². The molecule has 0 amide bonds. The van der Waals surface area contributed by atoms with Crippen molar-refractivity contribution in [2.24, 2.45) is 5.92 Å². The molecule has 1 heteroatoms. The van der Waals surface area contributed by atoms with Gasteiger partial charge in [-0.15, -0.1) is 0 Å². The van der Waals surface area contributed by atoms with E-state index in [4.69, 9.17) is 0 Å². The molecule has 0 aliphatic carbocycles. The second-order valence-electron chi connectivity index (χ2n) is 3.81. The van der Waals surface area contributed by atoms with Crippen LogP contribution in [0.4, 0.5) is 0 Å². The molecule has 0 saturated carbocycles. The van der Waals surface area contributed by atoms with Crippen molar-refractivity contribution in [2.75, 3.05) is 0 Å². The molecule has 1 aliphatic rings. The lowest BCUT2D eigenvalue weighted by Crippen LogP contribution is -2.37. The van der Waals surface area contributed by atoms with Crippen LogP contribution in [0, 0.1) is 5.92 Å². The van der Waals surface area contributed by atoms with Crippen molar-refractivity contribution in [3.05, 3.63) is 12.2 Å². The highest BCUT2D eigenvalue weighted by Crippen LogP contribution is 2.13. The van der Waals surface area contributed by atoms with Crippen molar-refractivity contribution in [1.29, 1.82) is 0 Å². The first-order valence-electron chi connectivity index (χ1n) is 5.63. The van der Waals surface area contributed by atoms with Gasteiger partial charge in [0.25, 0.3) is 0 Å². The molecular weight excluding hydrogens is 158 g/mol. The van der Waals surface area contributed by atoms with Crippen molar-refractivity contribution < 1.29 is 0 Å². The molecule has 78 valence electrons. The molecule has 1 aliphatic heterocycles. The maximum Gasteiger partial charge on any atom is 0.0224 e. The summed E-state index contributed by atoms with van der Waals surface area (Å²) in [7, 11) is 0. The molecule has 0 aromatic carbocycles. The molecule has 1 heterocycles. The van der Waals surface area contributed by atoms with Crippen LogP contribution in [0.2, 0.25) is 0 Å². The third-order valence-corrected chi connectivity index (χ3v) is 2.35. The Kier molecular flexibility index (Phi) is 6.97. The Morgan fingerprint density at radius 3 is 2.46 bits per heavy atom. The summed E-state index contributed by atoms with van der Waals surface area (Å²) in [6.45, 7) is 10.8. The normalized spacial score (nSPS) is 27.8. The second-order valence-corrected chi connectivity index (χ2v) is 3.81. The maximum atomic E-state index is 3.59. The lowest BCUT2D eigenvalue weighted by Gasteiger charge is -2.22. The third-order valence-electron chi connectivity index (χ3n) is 2.35. The van der Waals surface area contributed by atoms with E-state index in [0.717, 1.165) is 5.92 Å². The second kappa shape index (κ2) is 7.14. The van der Waals surface area contributed by atoms with Crippen molar-refractivity contribution in [2.45, 2.75) is 59.5 Å². The number of rotatable bonds is 1. The van der Waals surface area contributed by atoms with E-state index in [1.165, 1.54) is 12.8 Å². The van der Waals surface area contributed by atoms with Crippen molar-refractivity contribution in [3.63, 3.8) is 0 Å². The fourth-order valence-corrected chi connectivity index (χ4v) is 1.58. The van der Waals surface area contributed by atoms with E-state index >= 15 is 0 Å². The smallest absolute Gasteiger partial charge is 0.0224 e. The van der Waals surface area contributed by atoms with E-state index in [1.807, 2.05) is 13.8 Å². The van der Waals surface area contributed by atoms with Crippen molar-refractivity contribution >= 4 is 0 Å². The van der Waals surface area contributed by atoms with E-state index < -0.39 is 0 Å². The van der Waals surface area contributed by atoms with Gasteiger partial charge < -0.3 is 5.32 Å². The first kappa shape index (κ1) is 12.7. The van der Waals surface area contributed by atoms with Gasteiger partial charge in [-0.2, -0.15) is 0 Å². The van der Waals surface area contributed by atoms with Gasteiger partial charge in [0, 0.05) is 12.1 Å². The number of allylic oxidation sites excluding steroid dienone is 1. The Morgan fingerprint density at radius 1 is 1.31 bits per heavy atom. The molecule has 0 saturated heterocycles. The molecule has 0 aromatic rings. The van der Waals surface area contributed by atoms with Gasteiger partial charge in [-0.3, -0.25) is 0 Å². The minimum atomic E-state index is 0.560. The van der Waals surface area contributed by atoms with E-state index in [1.54, 1.807) is 0 Å². The Morgan fingerprint density at radius 2 is 1.92 bits per heavy atom. The molecule has 1 nitrogen and oxygen atoms in total. The summed E-state index contributed by atoms with van der Waals surface area (Å²) in [6.07, 6.45) is 7.08. The van der Waals surface area contributed by atoms with Gasteiger partial charge in [0.15, 0.2) is 0 Å². The topological polar surface area (TPSA) is 12.0 Å². The summed E-state index contributed by atoms with van der Waals surface area (Å²) in [5, 5.41) is 3.59. The Bertz CT molecular complexity index is 138. The van der Waals surface area contributed by atoms with Gasteiger partial charge in [-0.1, -0.05) is 39.8 Å². The SMILES string of the molecule is CC.CC1C=CCCC(C(C)C)N1. The van der Waals surface area contributed by atoms with Crippen LogP contribution < -0.4 is 5.32 Å². The summed E-state index contributed by atoms with van der Waals surface area (Å²) >= 11 is 0. The first-order chi connectivity index (χ1) is 6.20. The molecule has 0 fully saturated rings. The third kappa shape index (κ3) is 5.09. The van der Waals surface area contributed by atoms with Gasteiger partial charge in [0.05, 0.1) is 0 Å². The van der Waals surface area contributed by atoms with Crippen LogP contribution in [-0.2, 0) is 0 Å². The molecule has 0 bridgehead atoms. The molecule has 13 heavy (non-hydrogen) atoms. The Balaban J connectivity index is 0.000000671. The van der Waals surface area contributed by atoms with Crippen LogP contribution in [0.15, 0.2) is 12.2 Å². The molecule has 1 rings (SSSR count). The fraction of sp³-hybridized carbons (Fsp3) is 0.833. The van der Waals surface area contributed by atoms with Gasteiger partial charge in [-0.25, -0.2) is 0 Å². The summed E-state index contributed by atoms with van der Waals surface area (Å²) in [4.78, 5) is 0. The monoisotopic (exact) mass is 183 g/mol. The number of nitrogens with one attached hydrogen (secondary N) is 1. The highest BCUT2D eigenvalue weighted by Gasteiger charge is 2.15. The quantitative estimate of drug-likeness (QED) is 0.615. The zero-order valence-electron chi connectivity index (χ0n) is 9.80. The fourth-order valence-electron chi connectivity index (χ4n) is 1.58. The number of hydrogen-bond acceptors (Lipinski definition) is 1. The van der Waals surface area contributed by atoms with Crippen LogP contribution in [0.5, 0.6) is 0 Å². The van der Waals surface area contributed by atoms with Crippen LogP contribution in [0.3, 0.4) is 0 Å². The average Bonchev–Trinajstić information content (AvgIpc) is 2.33. The first-order valence-corrected chi connectivity index (χ1v) is 5.63. The van der Waals surface area contributed by atoms with Crippen LogP contribution >= 0.6 is 0 Å². The van der Waals surface area contributed by atoms with Gasteiger partial charge >= 0.3 is 0 Å². The van der Waals surface area contributed by atoms with E-state index in [2.05, 4.69) is 38.2 Å². The molecule has 0 aromatic heterocycles. The molecular formula is C12H25N. The molecule has 1 N–H and O–H groups in total. The molecule has 0 radical (unpaired) electrons. The standard InChI is InChI=1S/C10H19N.C2H6/c1-8(2)10-7-5-4-6-9(3)11-10;1-2/h4,6,8-11H,5,7H2,1-3H3;1-2H3. The van der Waals surface area contributed by atoms with Gasteiger partial charge in [0.2, 0.25) is 0 Å². The highest BCUT2D eigenvalue weighted by atomic mass is 14.9. The van der Waals surface area contributed by atoms with Crippen LogP contribution in [0.1, 0.15) is 47.5 Å². The summed E-state index contributed by atoms with van der Waals surface area (Å²) in [5.41, 5.74) is 0. The van der Waals surface area contributed by atoms with Gasteiger partial charge in [-0.05, 0) is 25.7 Å². The number of hydrogen-bond donors (Lipinski definition) is 1. The van der Waals surface area contributed by atoms with Gasteiger partial charge in [0.1, 0.15) is 0 Å². The predicted octanol–water partition coefficient (Wildman–Crippen LogP) is 3.37. The summed E-state index contributed by atoms with van der Waals surface area (Å²) < 4.78 is 0. The minimum Gasteiger partial charge on any atom is -0.308 e. The van der Waals surface area contributed by atoms with Crippen LogP contribution in [-0.4, -0.2) is 12.1 Å². The molecule has 2 unspecified atom stereocenters. The average molecular weight is 183 g/mol. The summed E-state index contributed by atoms with van der Waals surface area (Å²) in [6, 6.07) is 1.27. The van der Waals surface area contributed by atoms with E-state index in [9.17, 15) is 0 Å². The zero-order valence-corrected chi connectivity index (χ0v) is 9.80. The van der Waals surface area contributed by atoms with E-state index in [-0.39, 0.29) is 0 Å². The molecule has 0 spiro atoms. The van der Waals surface area contributed by atoms with Crippen molar-refractivity contribution in [1.82, 2.24) is 5.32 Å². The Labute approximate surface area is 83.6 Å². The zero-order chi connectivity index (χ0) is 10.3. The predicted molar refractivity (Wildman–Crippen MR) is 60.9 cm³/mol. The lowest BCUT2D eigenvalue weighted by molar-refractivity contribution is 0.372. The van der Waals surface area contributed by atoms with E-state index in [0.29, 0.717) is 12.1 Å². The molecule has 2 atom stereocenters. The largest absolute Gasteiger partial charge is 0.308 e. The summed E-state index contributed by atoms with van der Waals surface area (Å²) in [5.74, 6) is 0.761. The maximum absolute atomic E-state index is 3.59.